The normalized spacial score (nSPS) is 25.6. The first-order valence-electron chi connectivity index (χ1n) is 10.7. The van der Waals surface area contributed by atoms with Gasteiger partial charge in [-0.15, -0.1) is 0 Å². The van der Waals surface area contributed by atoms with Gasteiger partial charge in [0.25, 0.3) is 0 Å². The molecule has 150 valence electrons. The summed E-state index contributed by atoms with van der Waals surface area (Å²) in [5, 5.41) is 10.6. The minimum absolute atomic E-state index is 0.332. The van der Waals surface area contributed by atoms with Crippen molar-refractivity contribution in [3.8, 4) is 5.75 Å². The van der Waals surface area contributed by atoms with Crippen LogP contribution in [0.2, 0.25) is 0 Å². The highest BCUT2D eigenvalue weighted by atomic mass is 16.5. The molecule has 3 fully saturated rings. The Bertz CT molecular complexity index is 599. The Labute approximate surface area is 163 Å². The van der Waals surface area contributed by atoms with Gasteiger partial charge in [-0.05, 0) is 57.7 Å². The van der Waals surface area contributed by atoms with Crippen molar-refractivity contribution in [3.63, 3.8) is 0 Å². The van der Waals surface area contributed by atoms with Crippen molar-refractivity contribution in [2.45, 2.75) is 56.7 Å². The summed E-state index contributed by atoms with van der Waals surface area (Å²) in [5.74, 6) is 1.01. The standard InChI is InChI=1S/C22H34N2O3/c25-22(9-10-22)21-8-5-12-24(21)18-19-6-1-2-7-20(19)27-15-4-3-11-23-13-16-26-17-14-23/h1-2,6-7,21,25H,3-5,8-18H2. The Kier molecular flexibility index (Phi) is 6.33. The number of rotatable bonds is 9. The Morgan fingerprint density at radius 1 is 1.11 bits per heavy atom. The molecule has 1 aliphatic carbocycles. The highest BCUT2D eigenvalue weighted by molar-refractivity contribution is 5.33. The van der Waals surface area contributed by atoms with Crippen molar-refractivity contribution in [1.29, 1.82) is 0 Å². The lowest BCUT2D eigenvalue weighted by Gasteiger charge is -2.29. The van der Waals surface area contributed by atoms with Gasteiger partial charge in [0.1, 0.15) is 5.75 Å². The lowest BCUT2D eigenvalue weighted by atomic mass is 10.1. The van der Waals surface area contributed by atoms with Gasteiger partial charge in [-0.2, -0.15) is 0 Å². The van der Waals surface area contributed by atoms with Crippen LogP contribution in [0.15, 0.2) is 24.3 Å². The molecule has 0 amide bonds. The zero-order valence-electron chi connectivity index (χ0n) is 16.4. The van der Waals surface area contributed by atoms with Crippen molar-refractivity contribution < 1.29 is 14.6 Å². The summed E-state index contributed by atoms with van der Waals surface area (Å²) >= 11 is 0. The van der Waals surface area contributed by atoms with Crippen LogP contribution in [-0.4, -0.2) is 72.5 Å². The van der Waals surface area contributed by atoms with Gasteiger partial charge in [0.15, 0.2) is 0 Å². The topological polar surface area (TPSA) is 45.2 Å². The summed E-state index contributed by atoms with van der Waals surface area (Å²) in [6.45, 7) is 7.75. The molecule has 1 N–H and O–H groups in total. The predicted molar refractivity (Wildman–Crippen MR) is 106 cm³/mol. The molecule has 27 heavy (non-hydrogen) atoms. The van der Waals surface area contributed by atoms with E-state index in [4.69, 9.17) is 9.47 Å². The molecule has 1 aromatic carbocycles. The number of hydrogen-bond acceptors (Lipinski definition) is 5. The zero-order chi connectivity index (χ0) is 18.5. The van der Waals surface area contributed by atoms with Crippen molar-refractivity contribution in [2.75, 3.05) is 46.0 Å². The van der Waals surface area contributed by atoms with Gasteiger partial charge in [-0.3, -0.25) is 9.80 Å². The summed E-state index contributed by atoms with van der Waals surface area (Å²) in [7, 11) is 0. The van der Waals surface area contributed by atoms with E-state index in [0.717, 1.165) is 84.0 Å². The number of unbranched alkanes of at least 4 members (excludes halogenated alkanes) is 1. The van der Waals surface area contributed by atoms with E-state index >= 15 is 0 Å². The molecule has 2 aliphatic heterocycles. The third-order valence-corrected chi connectivity index (χ3v) is 6.32. The van der Waals surface area contributed by atoms with Crippen LogP contribution in [0.25, 0.3) is 0 Å². The van der Waals surface area contributed by atoms with E-state index in [0.29, 0.717) is 6.04 Å². The average molecular weight is 375 g/mol. The van der Waals surface area contributed by atoms with Crippen LogP contribution in [0, 0.1) is 0 Å². The molecule has 0 spiro atoms. The Morgan fingerprint density at radius 3 is 2.74 bits per heavy atom. The van der Waals surface area contributed by atoms with E-state index in [2.05, 4.69) is 34.1 Å². The number of aliphatic hydroxyl groups is 1. The minimum atomic E-state index is -0.411. The van der Waals surface area contributed by atoms with Crippen LogP contribution < -0.4 is 4.74 Å². The number of nitrogens with zero attached hydrogens (tertiary/aromatic N) is 2. The maximum absolute atomic E-state index is 10.6. The third-order valence-electron chi connectivity index (χ3n) is 6.32. The summed E-state index contributed by atoms with van der Waals surface area (Å²) in [6, 6.07) is 8.75. The predicted octanol–water partition coefficient (Wildman–Crippen LogP) is 2.67. The van der Waals surface area contributed by atoms with E-state index < -0.39 is 5.60 Å². The average Bonchev–Trinajstić information content (AvgIpc) is 3.26. The van der Waals surface area contributed by atoms with Crippen molar-refractivity contribution in [1.82, 2.24) is 9.80 Å². The molecule has 5 heteroatoms. The molecular formula is C22H34N2O3. The largest absolute Gasteiger partial charge is 0.493 e. The van der Waals surface area contributed by atoms with Gasteiger partial charge in [-0.1, -0.05) is 18.2 Å². The van der Waals surface area contributed by atoms with Crippen molar-refractivity contribution in [2.24, 2.45) is 0 Å². The second-order valence-electron chi connectivity index (χ2n) is 8.35. The maximum atomic E-state index is 10.6. The zero-order valence-corrected chi connectivity index (χ0v) is 16.4. The fourth-order valence-corrected chi connectivity index (χ4v) is 4.52. The second-order valence-corrected chi connectivity index (χ2v) is 8.35. The van der Waals surface area contributed by atoms with Crippen LogP contribution in [-0.2, 0) is 11.3 Å². The van der Waals surface area contributed by atoms with Gasteiger partial charge in [0.05, 0.1) is 25.4 Å². The number of hydrogen-bond donors (Lipinski definition) is 1. The van der Waals surface area contributed by atoms with Crippen LogP contribution in [0.3, 0.4) is 0 Å². The Morgan fingerprint density at radius 2 is 1.93 bits per heavy atom. The molecule has 5 nitrogen and oxygen atoms in total. The van der Waals surface area contributed by atoms with Gasteiger partial charge in [0.2, 0.25) is 0 Å². The quantitative estimate of drug-likeness (QED) is 0.674. The smallest absolute Gasteiger partial charge is 0.123 e. The molecule has 2 saturated heterocycles. The monoisotopic (exact) mass is 374 g/mol. The van der Waals surface area contributed by atoms with E-state index in [1.54, 1.807) is 0 Å². The summed E-state index contributed by atoms with van der Waals surface area (Å²) in [4.78, 5) is 4.95. The van der Waals surface area contributed by atoms with Crippen LogP contribution >= 0.6 is 0 Å². The highest BCUT2D eigenvalue weighted by Gasteiger charge is 2.51. The minimum Gasteiger partial charge on any atom is -0.493 e. The van der Waals surface area contributed by atoms with Crippen LogP contribution in [0.1, 0.15) is 44.1 Å². The molecule has 2 heterocycles. The number of likely N-dealkylation sites (tertiary alicyclic amines) is 1. The first kappa shape index (κ1) is 19.2. The molecule has 0 radical (unpaired) electrons. The van der Waals surface area contributed by atoms with Crippen molar-refractivity contribution >= 4 is 0 Å². The first-order valence-corrected chi connectivity index (χ1v) is 10.7. The van der Waals surface area contributed by atoms with E-state index in [1.807, 2.05) is 0 Å². The molecular weight excluding hydrogens is 340 g/mol. The molecule has 1 unspecified atom stereocenters. The number of para-hydroxylation sites is 1. The fourth-order valence-electron chi connectivity index (χ4n) is 4.52. The summed E-state index contributed by atoms with van der Waals surface area (Å²) in [6.07, 6.45) is 6.50. The molecule has 1 aromatic rings. The van der Waals surface area contributed by atoms with Gasteiger partial charge in [-0.25, -0.2) is 0 Å². The summed E-state index contributed by atoms with van der Waals surface area (Å²) < 4.78 is 11.5. The SMILES string of the molecule is OC1(C2CCCN2Cc2ccccc2OCCCCN2CCOCC2)CC1. The molecule has 1 atom stereocenters. The van der Waals surface area contributed by atoms with E-state index in [-0.39, 0.29) is 0 Å². The van der Waals surface area contributed by atoms with Gasteiger partial charge < -0.3 is 14.6 Å². The molecule has 4 rings (SSSR count). The fraction of sp³-hybridized carbons (Fsp3) is 0.727. The lowest BCUT2D eigenvalue weighted by molar-refractivity contribution is 0.0367. The highest BCUT2D eigenvalue weighted by Crippen LogP contribution is 2.45. The van der Waals surface area contributed by atoms with Gasteiger partial charge >= 0.3 is 0 Å². The Hall–Kier alpha value is -1.14. The molecule has 0 bridgehead atoms. The summed E-state index contributed by atoms with van der Waals surface area (Å²) in [5.41, 5.74) is 0.841. The maximum Gasteiger partial charge on any atom is 0.123 e. The third kappa shape index (κ3) is 5.02. The second kappa shape index (κ2) is 8.91. The van der Waals surface area contributed by atoms with E-state index in [1.165, 1.54) is 18.4 Å². The number of morpholine rings is 1. The Balaban J connectivity index is 1.24. The van der Waals surface area contributed by atoms with Crippen LogP contribution in [0.4, 0.5) is 0 Å². The first-order chi connectivity index (χ1) is 13.2. The van der Waals surface area contributed by atoms with E-state index in [9.17, 15) is 5.11 Å². The van der Waals surface area contributed by atoms with Crippen molar-refractivity contribution in [3.05, 3.63) is 29.8 Å². The van der Waals surface area contributed by atoms with Gasteiger partial charge in [0, 0.05) is 31.2 Å². The molecule has 0 aromatic heterocycles. The number of ether oxygens (including phenoxy) is 2. The van der Waals surface area contributed by atoms with Crippen LogP contribution in [0.5, 0.6) is 5.75 Å². The number of benzene rings is 1. The molecule has 1 saturated carbocycles. The molecule has 3 aliphatic rings. The lowest BCUT2D eigenvalue weighted by Crippen LogP contribution is -2.40.